The van der Waals surface area contributed by atoms with Gasteiger partial charge in [-0.15, -0.1) is 0 Å². The molecule has 0 saturated heterocycles. The predicted octanol–water partition coefficient (Wildman–Crippen LogP) is 4.15. The summed E-state index contributed by atoms with van der Waals surface area (Å²) >= 11 is 0. The standard InChI is InChI=1S/C16H18/c1-3-15-6-4-5-7-16(15)12-14-10-8-13(2)9-11-14/h4-11H,3,12H2,1-2H3. The quantitative estimate of drug-likeness (QED) is 0.714. The molecule has 16 heavy (non-hydrogen) atoms. The van der Waals surface area contributed by atoms with Crippen LogP contribution in [-0.2, 0) is 12.8 Å². The first-order valence-electron chi connectivity index (χ1n) is 5.92. The summed E-state index contributed by atoms with van der Waals surface area (Å²) in [4.78, 5) is 0. The first-order valence-corrected chi connectivity index (χ1v) is 5.92. The normalized spacial score (nSPS) is 10.4. The Kier molecular flexibility index (Phi) is 3.40. The molecule has 0 aliphatic carbocycles. The highest BCUT2D eigenvalue weighted by Gasteiger charge is 2.00. The molecule has 0 aliphatic rings. The molecular weight excluding hydrogens is 192 g/mol. The van der Waals surface area contributed by atoms with E-state index in [1.807, 2.05) is 0 Å². The van der Waals surface area contributed by atoms with Gasteiger partial charge in [-0.05, 0) is 36.5 Å². The van der Waals surface area contributed by atoms with Crippen molar-refractivity contribution in [2.45, 2.75) is 26.7 Å². The SMILES string of the molecule is CCc1ccccc1Cc1ccc(C)cc1. The number of benzene rings is 2. The van der Waals surface area contributed by atoms with E-state index in [0.717, 1.165) is 12.8 Å². The topological polar surface area (TPSA) is 0 Å². The fraction of sp³-hybridized carbons (Fsp3) is 0.250. The van der Waals surface area contributed by atoms with Gasteiger partial charge in [0.05, 0.1) is 0 Å². The summed E-state index contributed by atoms with van der Waals surface area (Å²) in [5.41, 5.74) is 5.64. The van der Waals surface area contributed by atoms with E-state index in [-0.39, 0.29) is 0 Å². The van der Waals surface area contributed by atoms with Crippen LogP contribution in [-0.4, -0.2) is 0 Å². The second kappa shape index (κ2) is 4.98. The third-order valence-electron chi connectivity index (χ3n) is 3.01. The van der Waals surface area contributed by atoms with Crippen LogP contribution in [0.5, 0.6) is 0 Å². The lowest BCUT2D eigenvalue weighted by atomic mass is 9.98. The molecule has 0 unspecified atom stereocenters. The highest BCUT2D eigenvalue weighted by Crippen LogP contribution is 2.15. The van der Waals surface area contributed by atoms with E-state index in [1.165, 1.54) is 22.3 Å². The summed E-state index contributed by atoms with van der Waals surface area (Å²) in [6, 6.07) is 17.5. The molecule has 0 heteroatoms. The van der Waals surface area contributed by atoms with Gasteiger partial charge in [-0.25, -0.2) is 0 Å². The zero-order chi connectivity index (χ0) is 11.4. The van der Waals surface area contributed by atoms with E-state index in [2.05, 4.69) is 62.4 Å². The molecule has 0 nitrogen and oxygen atoms in total. The molecule has 0 aliphatic heterocycles. The van der Waals surface area contributed by atoms with E-state index in [1.54, 1.807) is 0 Å². The maximum atomic E-state index is 2.23. The lowest BCUT2D eigenvalue weighted by Gasteiger charge is -2.07. The van der Waals surface area contributed by atoms with Crippen molar-refractivity contribution in [1.29, 1.82) is 0 Å². The minimum Gasteiger partial charge on any atom is -0.0620 e. The lowest BCUT2D eigenvalue weighted by molar-refractivity contribution is 1.06. The maximum absolute atomic E-state index is 2.23. The van der Waals surface area contributed by atoms with Gasteiger partial charge in [0, 0.05) is 0 Å². The average Bonchev–Trinajstić information content (AvgIpc) is 2.33. The number of aryl methyl sites for hydroxylation is 2. The van der Waals surface area contributed by atoms with E-state index in [9.17, 15) is 0 Å². The molecule has 0 bridgehead atoms. The smallest absolute Gasteiger partial charge is 0.00230 e. The maximum Gasteiger partial charge on any atom is -0.00230 e. The van der Waals surface area contributed by atoms with Crippen molar-refractivity contribution in [3.8, 4) is 0 Å². The minimum absolute atomic E-state index is 1.05. The second-order valence-electron chi connectivity index (χ2n) is 4.28. The molecule has 2 aromatic carbocycles. The highest BCUT2D eigenvalue weighted by molar-refractivity contribution is 5.33. The van der Waals surface area contributed by atoms with Gasteiger partial charge in [0.25, 0.3) is 0 Å². The van der Waals surface area contributed by atoms with Crippen LogP contribution in [0.25, 0.3) is 0 Å². The Labute approximate surface area is 97.9 Å². The average molecular weight is 210 g/mol. The monoisotopic (exact) mass is 210 g/mol. The van der Waals surface area contributed by atoms with Gasteiger partial charge in [0.2, 0.25) is 0 Å². The Hall–Kier alpha value is -1.56. The molecule has 0 fully saturated rings. The predicted molar refractivity (Wildman–Crippen MR) is 69.8 cm³/mol. The first kappa shape index (κ1) is 10.9. The third kappa shape index (κ3) is 2.52. The van der Waals surface area contributed by atoms with Crippen LogP contribution in [0.1, 0.15) is 29.2 Å². The molecule has 0 saturated carbocycles. The van der Waals surface area contributed by atoms with Crippen LogP contribution in [0.15, 0.2) is 48.5 Å². The Bertz CT molecular complexity index is 452. The molecule has 0 aromatic heterocycles. The molecule has 0 heterocycles. The Morgan fingerprint density at radius 3 is 2.06 bits per heavy atom. The van der Waals surface area contributed by atoms with Crippen LogP contribution >= 0.6 is 0 Å². The largest absolute Gasteiger partial charge is 0.0620 e. The summed E-state index contributed by atoms with van der Waals surface area (Å²) in [6.45, 7) is 4.34. The molecule has 0 spiro atoms. The van der Waals surface area contributed by atoms with Crippen molar-refractivity contribution < 1.29 is 0 Å². The van der Waals surface area contributed by atoms with Crippen LogP contribution in [0.2, 0.25) is 0 Å². The first-order chi connectivity index (χ1) is 7.79. The molecule has 2 aromatic rings. The molecule has 0 atom stereocenters. The van der Waals surface area contributed by atoms with Crippen LogP contribution in [0, 0.1) is 6.92 Å². The summed E-state index contributed by atoms with van der Waals surface area (Å²) in [6.07, 6.45) is 2.16. The summed E-state index contributed by atoms with van der Waals surface area (Å²) in [5.74, 6) is 0. The zero-order valence-corrected chi connectivity index (χ0v) is 10.0. The van der Waals surface area contributed by atoms with Crippen molar-refractivity contribution >= 4 is 0 Å². The van der Waals surface area contributed by atoms with Gasteiger partial charge in [-0.1, -0.05) is 61.0 Å². The van der Waals surface area contributed by atoms with E-state index in [0.29, 0.717) is 0 Å². The Morgan fingerprint density at radius 1 is 0.812 bits per heavy atom. The van der Waals surface area contributed by atoms with Crippen molar-refractivity contribution in [3.05, 3.63) is 70.8 Å². The van der Waals surface area contributed by atoms with Gasteiger partial charge in [-0.2, -0.15) is 0 Å². The van der Waals surface area contributed by atoms with Gasteiger partial charge in [0.15, 0.2) is 0 Å². The number of hydrogen-bond acceptors (Lipinski definition) is 0. The fourth-order valence-corrected chi connectivity index (χ4v) is 2.00. The minimum atomic E-state index is 1.05. The molecule has 0 N–H and O–H groups in total. The molecule has 82 valence electrons. The van der Waals surface area contributed by atoms with Crippen LogP contribution < -0.4 is 0 Å². The second-order valence-corrected chi connectivity index (χ2v) is 4.28. The fourth-order valence-electron chi connectivity index (χ4n) is 2.00. The van der Waals surface area contributed by atoms with E-state index in [4.69, 9.17) is 0 Å². The highest BCUT2D eigenvalue weighted by atomic mass is 14.1. The van der Waals surface area contributed by atoms with E-state index < -0.39 is 0 Å². The summed E-state index contributed by atoms with van der Waals surface area (Å²) < 4.78 is 0. The van der Waals surface area contributed by atoms with Gasteiger partial charge < -0.3 is 0 Å². The zero-order valence-electron chi connectivity index (χ0n) is 10.0. The van der Waals surface area contributed by atoms with Crippen molar-refractivity contribution in [2.75, 3.05) is 0 Å². The van der Waals surface area contributed by atoms with Gasteiger partial charge in [0.1, 0.15) is 0 Å². The molecule has 2 rings (SSSR count). The van der Waals surface area contributed by atoms with Crippen molar-refractivity contribution in [3.63, 3.8) is 0 Å². The summed E-state index contributed by atoms with van der Waals surface area (Å²) in [5, 5.41) is 0. The van der Waals surface area contributed by atoms with E-state index >= 15 is 0 Å². The van der Waals surface area contributed by atoms with Crippen LogP contribution in [0.3, 0.4) is 0 Å². The number of hydrogen-bond donors (Lipinski definition) is 0. The molecular formula is C16H18. The van der Waals surface area contributed by atoms with Crippen molar-refractivity contribution in [1.82, 2.24) is 0 Å². The van der Waals surface area contributed by atoms with Crippen molar-refractivity contribution in [2.24, 2.45) is 0 Å². The van der Waals surface area contributed by atoms with Gasteiger partial charge >= 0.3 is 0 Å². The molecule has 0 radical (unpaired) electrons. The lowest BCUT2D eigenvalue weighted by Crippen LogP contribution is -1.94. The molecule has 0 amide bonds. The number of rotatable bonds is 3. The Balaban J connectivity index is 2.23. The van der Waals surface area contributed by atoms with Crippen LogP contribution in [0.4, 0.5) is 0 Å². The van der Waals surface area contributed by atoms with Gasteiger partial charge in [-0.3, -0.25) is 0 Å². The third-order valence-corrected chi connectivity index (χ3v) is 3.01. The summed E-state index contributed by atoms with van der Waals surface area (Å²) in [7, 11) is 0. The Morgan fingerprint density at radius 2 is 1.44 bits per heavy atom.